The van der Waals surface area contributed by atoms with Crippen molar-refractivity contribution in [2.24, 2.45) is 5.41 Å². The molecule has 1 unspecified atom stereocenters. The molecule has 1 atom stereocenters. The maximum atomic E-state index is 12.3. The molecule has 96 valence electrons. The summed E-state index contributed by atoms with van der Waals surface area (Å²) in [5.74, 6) is 0.537. The van der Waals surface area contributed by atoms with Crippen molar-refractivity contribution < 1.29 is 19.4 Å². The minimum absolute atomic E-state index is 0.112. The van der Waals surface area contributed by atoms with Crippen LogP contribution in [0.5, 0.6) is 5.75 Å². The molecule has 0 saturated carbocycles. The minimum atomic E-state index is -0.670. The maximum absolute atomic E-state index is 12.3. The molecule has 1 aromatic rings. The lowest BCUT2D eigenvalue weighted by atomic mass is 9.79. The van der Waals surface area contributed by atoms with Crippen LogP contribution in [0.2, 0.25) is 0 Å². The number of carbonyl (C=O) groups excluding carboxylic acids is 1. The molecule has 1 aromatic carbocycles. The fraction of sp³-hybridized carbons (Fsp3) is 0.462. The smallest absolute Gasteiger partial charge is 0.268 e. The molecule has 0 aliphatic carbocycles. The Balaban J connectivity index is 1.98. The Kier molecular flexibility index (Phi) is 2.53. The number of hydrogen-bond acceptors (Lipinski definition) is 4. The third-order valence-corrected chi connectivity index (χ3v) is 3.68. The first-order valence-corrected chi connectivity index (χ1v) is 5.90. The highest BCUT2D eigenvalue weighted by molar-refractivity contribution is 6.00. The summed E-state index contributed by atoms with van der Waals surface area (Å²) in [7, 11) is 1.72. The minimum Gasteiger partial charge on any atom is -0.478 e. The summed E-state index contributed by atoms with van der Waals surface area (Å²) < 4.78 is 10.9. The highest BCUT2D eigenvalue weighted by Crippen LogP contribution is 2.41. The molecule has 5 heteroatoms. The van der Waals surface area contributed by atoms with Crippen LogP contribution in [-0.2, 0) is 9.53 Å². The first-order valence-electron chi connectivity index (χ1n) is 5.90. The van der Waals surface area contributed by atoms with Gasteiger partial charge in [-0.15, -0.1) is 0 Å². The monoisotopic (exact) mass is 249 g/mol. The van der Waals surface area contributed by atoms with E-state index in [1.165, 1.54) is 0 Å². The van der Waals surface area contributed by atoms with Crippen LogP contribution in [0.1, 0.15) is 0 Å². The number of fused-ring (bicyclic) bond motifs is 1. The van der Waals surface area contributed by atoms with Gasteiger partial charge in [-0.05, 0) is 12.1 Å². The molecule has 1 N–H and O–H groups in total. The van der Waals surface area contributed by atoms with E-state index in [0.29, 0.717) is 19.0 Å². The second kappa shape index (κ2) is 3.96. The number of amides is 1. The summed E-state index contributed by atoms with van der Waals surface area (Å²) in [6.07, 6.45) is -0.670. The van der Waals surface area contributed by atoms with Crippen molar-refractivity contribution in [3.63, 3.8) is 0 Å². The van der Waals surface area contributed by atoms with Crippen LogP contribution in [0.15, 0.2) is 24.3 Å². The Hall–Kier alpha value is -1.59. The topological polar surface area (TPSA) is 59.0 Å². The van der Waals surface area contributed by atoms with Gasteiger partial charge in [0, 0.05) is 7.05 Å². The second-order valence-electron chi connectivity index (χ2n) is 4.88. The molecular formula is C13H15NO4. The number of para-hydroxylation sites is 2. The van der Waals surface area contributed by atoms with E-state index in [-0.39, 0.29) is 12.5 Å². The number of aliphatic hydroxyl groups excluding tert-OH is 1. The van der Waals surface area contributed by atoms with Gasteiger partial charge in [-0.1, -0.05) is 12.1 Å². The maximum Gasteiger partial charge on any atom is 0.268 e. The first kappa shape index (κ1) is 11.5. The van der Waals surface area contributed by atoms with Crippen molar-refractivity contribution >= 4 is 11.6 Å². The fourth-order valence-electron chi connectivity index (χ4n) is 2.38. The van der Waals surface area contributed by atoms with Crippen molar-refractivity contribution in [1.82, 2.24) is 0 Å². The molecule has 0 bridgehead atoms. The largest absolute Gasteiger partial charge is 0.478 e. The van der Waals surface area contributed by atoms with Gasteiger partial charge in [0.2, 0.25) is 0 Å². The predicted molar refractivity (Wildman–Crippen MR) is 64.6 cm³/mol. The molecule has 1 amide bonds. The molecule has 0 aromatic heterocycles. The third-order valence-electron chi connectivity index (χ3n) is 3.68. The lowest BCUT2D eigenvalue weighted by Gasteiger charge is -2.47. The number of hydrogen-bond donors (Lipinski definition) is 1. The normalized spacial score (nSPS) is 25.1. The van der Waals surface area contributed by atoms with Gasteiger partial charge in [-0.25, -0.2) is 0 Å². The predicted octanol–water partition coefficient (Wildman–Crippen LogP) is 0.419. The number of rotatable bonds is 2. The second-order valence-corrected chi connectivity index (χ2v) is 4.88. The molecule has 1 fully saturated rings. The van der Waals surface area contributed by atoms with Crippen LogP contribution < -0.4 is 9.64 Å². The molecule has 18 heavy (non-hydrogen) atoms. The van der Waals surface area contributed by atoms with Gasteiger partial charge < -0.3 is 19.5 Å². The van der Waals surface area contributed by atoms with Gasteiger partial charge in [0.1, 0.15) is 5.75 Å². The van der Waals surface area contributed by atoms with E-state index in [1.807, 2.05) is 24.3 Å². The summed E-state index contributed by atoms with van der Waals surface area (Å²) in [6, 6.07) is 7.39. The highest BCUT2D eigenvalue weighted by Gasteiger charge is 2.53. The van der Waals surface area contributed by atoms with Gasteiger partial charge in [-0.3, -0.25) is 4.79 Å². The van der Waals surface area contributed by atoms with Crippen LogP contribution in [0.4, 0.5) is 5.69 Å². The standard InChI is InChI=1S/C13H15NO4/c1-14-9-4-2-3-5-10(9)18-11(12(14)16)13(6-15)7-17-8-13/h2-5,11,15H,6-8H2,1H3. The summed E-state index contributed by atoms with van der Waals surface area (Å²) in [6.45, 7) is 0.602. The van der Waals surface area contributed by atoms with Gasteiger partial charge in [0.05, 0.1) is 30.9 Å². The molecule has 3 rings (SSSR count). The van der Waals surface area contributed by atoms with Crippen molar-refractivity contribution in [3.8, 4) is 5.75 Å². The van der Waals surface area contributed by atoms with Crippen LogP contribution >= 0.6 is 0 Å². The molecule has 1 saturated heterocycles. The van der Waals surface area contributed by atoms with E-state index in [0.717, 1.165) is 5.69 Å². The Bertz CT molecular complexity index is 478. The Morgan fingerprint density at radius 3 is 2.78 bits per heavy atom. The van der Waals surface area contributed by atoms with Crippen molar-refractivity contribution in [3.05, 3.63) is 24.3 Å². The summed E-state index contributed by atoms with van der Waals surface area (Å²) >= 11 is 0. The summed E-state index contributed by atoms with van der Waals surface area (Å²) in [4.78, 5) is 13.9. The van der Waals surface area contributed by atoms with Gasteiger partial charge in [0.25, 0.3) is 5.91 Å². The molecule has 0 radical (unpaired) electrons. The van der Waals surface area contributed by atoms with E-state index in [1.54, 1.807) is 11.9 Å². The lowest BCUT2D eigenvalue weighted by Crippen LogP contribution is -2.62. The van der Waals surface area contributed by atoms with Crippen LogP contribution in [-0.4, -0.2) is 44.0 Å². The van der Waals surface area contributed by atoms with Crippen molar-refractivity contribution in [2.75, 3.05) is 31.8 Å². The number of aliphatic hydroxyl groups is 1. The van der Waals surface area contributed by atoms with Gasteiger partial charge in [0.15, 0.2) is 6.10 Å². The zero-order chi connectivity index (χ0) is 12.8. The quantitative estimate of drug-likeness (QED) is 0.825. The van der Waals surface area contributed by atoms with E-state index in [4.69, 9.17) is 9.47 Å². The molecule has 2 aliphatic rings. The Morgan fingerprint density at radius 1 is 1.44 bits per heavy atom. The van der Waals surface area contributed by atoms with Crippen LogP contribution in [0.25, 0.3) is 0 Å². The molecule has 2 aliphatic heterocycles. The highest BCUT2D eigenvalue weighted by atomic mass is 16.5. The van der Waals surface area contributed by atoms with E-state index >= 15 is 0 Å². The number of likely N-dealkylation sites (N-methyl/N-ethyl adjacent to an activating group) is 1. The molecule has 5 nitrogen and oxygen atoms in total. The zero-order valence-corrected chi connectivity index (χ0v) is 10.1. The summed E-state index contributed by atoms with van der Waals surface area (Å²) in [5, 5.41) is 9.51. The zero-order valence-electron chi connectivity index (χ0n) is 10.1. The lowest BCUT2D eigenvalue weighted by molar-refractivity contribution is -0.189. The SMILES string of the molecule is CN1C(=O)C(C2(CO)COC2)Oc2ccccc21. The average molecular weight is 249 g/mol. The van der Waals surface area contributed by atoms with E-state index in [9.17, 15) is 9.90 Å². The molecule has 0 spiro atoms. The van der Waals surface area contributed by atoms with Crippen molar-refractivity contribution in [2.45, 2.75) is 6.10 Å². The number of anilines is 1. The number of ether oxygens (including phenoxy) is 2. The van der Waals surface area contributed by atoms with Gasteiger partial charge in [-0.2, -0.15) is 0 Å². The Labute approximate surface area is 105 Å². The average Bonchev–Trinajstić information content (AvgIpc) is 2.35. The third kappa shape index (κ3) is 1.44. The number of nitrogens with zero attached hydrogens (tertiary/aromatic N) is 1. The van der Waals surface area contributed by atoms with Crippen LogP contribution in [0, 0.1) is 5.41 Å². The molecular weight excluding hydrogens is 234 g/mol. The van der Waals surface area contributed by atoms with Gasteiger partial charge >= 0.3 is 0 Å². The fourth-order valence-corrected chi connectivity index (χ4v) is 2.38. The summed E-state index contributed by atoms with van der Waals surface area (Å²) in [5.41, 5.74) is 0.158. The Morgan fingerprint density at radius 2 is 2.17 bits per heavy atom. The first-order chi connectivity index (χ1) is 8.68. The van der Waals surface area contributed by atoms with Crippen molar-refractivity contribution in [1.29, 1.82) is 0 Å². The van der Waals surface area contributed by atoms with Crippen LogP contribution in [0.3, 0.4) is 0 Å². The molecule has 2 heterocycles. The van der Waals surface area contributed by atoms with E-state index in [2.05, 4.69) is 0 Å². The number of benzene rings is 1. The van der Waals surface area contributed by atoms with E-state index < -0.39 is 11.5 Å². The number of carbonyl (C=O) groups is 1.